The Labute approximate surface area is 134 Å². The number of amides is 2. The number of hydrogen-bond acceptors (Lipinski definition) is 4. The van der Waals surface area contributed by atoms with Crippen LogP contribution in [0.2, 0.25) is 5.02 Å². The Morgan fingerprint density at radius 3 is 2.73 bits per heavy atom. The molecule has 120 valence electrons. The molecular weight excluding hydrogens is 308 g/mol. The lowest BCUT2D eigenvalue weighted by molar-refractivity contribution is -0.125. The number of carbonyl (C=O) groups excluding carboxylic acids is 2. The van der Waals surface area contributed by atoms with Crippen molar-refractivity contribution in [2.75, 3.05) is 26.3 Å². The molecule has 2 amide bonds. The van der Waals surface area contributed by atoms with Crippen LogP contribution in [0.1, 0.15) is 18.9 Å². The number of halogens is 1. The first-order chi connectivity index (χ1) is 10.6. The highest BCUT2D eigenvalue weighted by atomic mass is 35.5. The monoisotopic (exact) mass is 326 g/mol. The molecule has 0 radical (unpaired) electrons. The van der Waals surface area contributed by atoms with Gasteiger partial charge in [-0.15, -0.1) is 0 Å². The molecule has 0 bridgehead atoms. The van der Waals surface area contributed by atoms with E-state index in [1.807, 2.05) is 6.92 Å². The Morgan fingerprint density at radius 2 is 1.95 bits per heavy atom. The number of hydrogen-bond donors (Lipinski definition) is 2. The van der Waals surface area contributed by atoms with Crippen molar-refractivity contribution in [1.82, 2.24) is 10.6 Å². The maximum atomic E-state index is 11.9. The second kappa shape index (κ2) is 7.89. The molecule has 6 nitrogen and oxygen atoms in total. The summed E-state index contributed by atoms with van der Waals surface area (Å²) in [7, 11) is 0. The van der Waals surface area contributed by atoms with E-state index in [9.17, 15) is 9.59 Å². The van der Waals surface area contributed by atoms with E-state index in [2.05, 4.69) is 10.6 Å². The molecular formula is C15H19ClN2O4. The molecule has 0 fully saturated rings. The highest BCUT2D eigenvalue weighted by Crippen LogP contribution is 2.38. The van der Waals surface area contributed by atoms with E-state index in [1.165, 1.54) is 0 Å². The van der Waals surface area contributed by atoms with Gasteiger partial charge in [-0.1, -0.05) is 18.5 Å². The SMILES string of the molecule is CCCNC(=O)CNC(=O)Cc1cc(Cl)c2c(c1)OCCO2. The lowest BCUT2D eigenvalue weighted by Crippen LogP contribution is -2.37. The van der Waals surface area contributed by atoms with Crippen LogP contribution in [0.4, 0.5) is 0 Å². The smallest absolute Gasteiger partial charge is 0.239 e. The first-order valence-electron chi connectivity index (χ1n) is 7.21. The van der Waals surface area contributed by atoms with Crippen LogP contribution in [0.15, 0.2) is 12.1 Å². The summed E-state index contributed by atoms with van der Waals surface area (Å²) in [5.74, 6) is 0.605. The van der Waals surface area contributed by atoms with Gasteiger partial charge >= 0.3 is 0 Å². The van der Waals surface area contributed by atoms with E-state index in [4.69, 9.17) is 21.1 Å². The van der Waals surface area contributed by atoms with Gasteiger partial charge in [-0.25, -0.2) is 0 Å². The van der Waals surface area contributed by atoms with Gasteiger partial charge in [0.25, 0.3) is 0 Å². The summed E-state index contributed by atoms with van der Waals surface area (Å²) in [4.78, 5) is 23.3. The maximum Gasteiger partial charge on any atom is 0.239 e. The third kappa shape index (κ3) is 4.53. The third-order valence-corrected chi connectivity index (χ3v) is 3.32. The second-order valence-electron chi connectivity index (χ2n) is 4.91. The molecule has 1 aliphatic rings. The van der Waals surface area contributed by atoms with Crippen molar-refractivity contribution in [3.8, 4) is 11.5 Å². The lowest BCUT2D eigenvalue weighted by atomic mass is 10.1. The van der Waals surface area contributed by atoms with Crippen LogP contribution in [0, 0.1) is 0 Å². The second-order valence-corrected chi connectivity index (χ2v) is 5.31. The Kier molecular flexibility index (Phi) is 5.89. The first-order valence-corrected chi connectivity index (χ1v) is 7.59. The van der Waals surface area contributed by atoms with Crippen molar-refractivity contribution >= 4 is 23.4 Å². The molecule has 0 atom stereocenters. The largest absolute Gasteiger partial charge is 0.486 e. The van der Waals surface area contributed by atoms with E-state index < -0.39 is 0 Å². The summed E-state index contributed by atoms with van der Waals surface area (Å²) >= 11 is 6.11. The Bertz CT molecular complexity index is 563. The molecule has 0 spiro atoms. The minimum Gasteiger partial charge on any atom is -0.486 e. The zero-order valence-corrected chi connectivity index (χ0v) is 13.2. The fourth-order valence-corrected chi connectivity index (χ4v) is 2.31. The van der Waals surface area contributed by atoms with Gasteiger partial charge in [0.2, 0.25) is 11.8 Å². The summed E-state index contributed by atoms with van der Waals surface area (Å²) in [5.41, 5.74) is 0.709. The van der Waals surface area contributed by atoms with Crippen molar-refractivity contribution in [2.45, 2.75) is 19.8 Å². The molecule has 1 aromatic carbocycles. The van der Waals surface area contributed by atoms with Crippen LogP contribution >= 0.6 is 11.6 Å². The van der Waals surface area contributed by atoms with Gasteiger partial charge < -0.3 is 20.1 Å². The van der Waals surface area contributed by atoms with Gasteiger partial charge in [0, 0.05) is 6.54 Å². The van der Waals surface area contributed by atoms with Crippen LogP contribution in [0.5, 0.6) is 11.5 Å². The lowest BCUT2D eigenvalue weighted by Gasteiger charge is -2.20. The quantitative estimate of drug-likeness (QED) is 0.826. The van der Waals surface area contributed by atoms with Crippen LogP contribution in [-0.2, 0) is 16.0 Å². The summed E-state index contributed by atoms with van der Waals surface area (Å²) in [6.45, 7) is 3.45. The highest BCUT2D eigenvalue weighted by molar-refractivity contribution is 6.32. The molecule has 1 aromatic rings. The molecule has 1 aliphatic heterocycles. The minimum atomic E-state index is -0.251. The molecule has 2 rings (SSSR count). The van der Waals surface area contributed by atoms with Crippen molar-refractivity contribution in [1.29, 1.82) is 0 Å². The standard InChI is InChI=1S/C15H19ClN2O4/c1-2-3-17-14(20)9-18-13(19)8-10-6-11(16)15-12(7-10)21-4-5-22-15/h6-7H,2-5,8-9H2,1H3,(H,17,20)(H,18,19). The van der Waals surface area contributed by atoms with Gasteiger partial charge in [-0.05, 0) is 24.1 Å². The van der Waals surface area contributed by atoms with E-state index in [-0.39, 0.29) is 24.8 Å². The number of fused-ring (bicyclic) bond motifs is 1. The number of benzene rings is 1. The Hall–Kier alpha value is -1.95. The van der Waals surface area contributed by atoms with Crippen molar-refractivity contribution in [2.24, 2.45) is 0 Å². The van der Waals surface area contributed by atoms with Crippen molar-refractivity contribution < 1.29 is 19.1 Å². The van der Waals surface area contributed by atoms with Crippen molar-refractivity contribution in [3.05, 3.63) is 22.7 Å². The fraction of sp³-hybridized carbons (Fsp3) is 0.467. The highest BCUT2D eigenvalue weighted by Gasteiger charge is 2.17. The average Bonchev–Trinajstić information content (AvgIpc) is 2.51. The zero-order valence-electron chi connectivity index (χ0n) is 12.4. The van der Waals surface area contributed by atoms with Crippen LogP contribution in [0.3, 0.4) is 0 Å². The minimum absolute atomic E-state index is 0.0306. The van der Waals surface area contributed by atoms with Crippen LogP contribution in [0.25, 0.3) is 0 Å². The topological polar surface area (TPSA) is 76.7 Å². The van der Waals surface area contributed by atoms with E-state index in [0.717, 1.165) is 6.42 Å². The zero-order chi connectivity index (χ0) is 15.9. The van der Waals surface area contributed by atoms with Crippen LogP contribution < -0.4 is 20.1 Å². The van der Waals surface area contributed by atoms with Gasteiger partial charge in [0.1, 0.15) is 13.2 Å². The predicted octanol–water partition coefficient (Wildman–Crippen LogP) is 1.30. The first kappa shape index (κ1) is 16.4. The summed E-state index contributed by atoms with van der Waals surface area (Å²) in [6.07, 6.45) is 0.979. The maximum absolute atomic E-state index is 11.9. The van der Waals surface area contributed by atoms with Crippen molar-refractivity contribution in [3.63, 3.8) is 0 Å². The van der Waals surface area contributed by atoms with Gasteiger partial charge in [0.05, 0.1) is 18.0 Å². The Balaban J connectivity index is 1.89. The molecule has 7 heteroatoms. The van der Waals surface area contributed by atoms with Crippen LogP contribution in [-0.4, -0.2) is 38.1 Å². The molecule has 0 saturated carbocycles. The van der Waals surface area contributed by atoms with Gasteiger partial charge in [0.15, 0.2) is 11.5 Å². The normalized spacial score (nSPS) is 12.6. The molecule has 2 N–H and O–H groups in total. The Morgan fingerprint density at radius 1 is 1.18 bits per heavy atom. The molecule has 0 aliphatic carbocycles. The number of nitrogens with one attached hydrogen (secondary N) is 2. The summed E-state index contributed by atoms with van der Waals surface area (Å²) in [6, 6.07) is 3.41. The molecule has 0 saturated heterocycles. The summed E-state index contributed by atoms with van der Waals surface area (Å²) < 4.78 is 10.9. The molecule has 0 unspecified atom stereocenters. The predicted molar refractivity (Wildman–Crippen MR) is 82.5 cm³/mol. The molecule has 0 aromatic heterocycles. The molecule has 22 heavy (non-hydrogen) atoms. The van der Waals surface area contributed by atoms with E-state index in [0.29, 0.717) is 41.8 Å². The molecule has 1 heterocycles. The fourth-order valence-electron chi connectivity index (χ4n) is 2.02. The third-order valence-electron chi connectivity index (χ3n) is 3.04. The number of rotatable bonds is 6. The number of ether oxygens (including phenoxy) is 2. The van der Waals surface area contributed by atoms with E-state index >= 15 is 0 Å². The average molecular weight is 327 g/mol. The number of carbonyl (C=O) groups is 2. The summed E-state index contributed by atoms with van der Waals surface area (Å²) in [5, 5.41) is 5.68. The van der Waals surface area contributed by atoms with Gasteiger partial charge in [-0.3, -0.25) is 9.59 Å². The van der Waals surface area contributed by atoms with E-state index in [1.54, 1.807) is 12.1 Å². The van der Waals surface area contributed by atoms with Gasteiger partial charge in [-0.2, -0.15) is 0 Å².